The largest absolute Gasteiger partial charge is 0.481 e. The van der Waals surface area contributed by atoms with Gasteiger partial charge in [-0.2, -0.15) is 0 Å². The van der Waals surface area contributed by atoms with Crippen molar-refractivity contribution in [3.05, 3.63) is 0 Å². The smallest absolute Gasteiger partial charge is 0.326 e. The summed E-state index contributed by atoms with van der Waals surface area (Å²) in [4.78, 5) is 71.7. The summed E-state index contributed by atoms with van der Waals surface area (Å²) >= 11 is 0. The monoisotopic (exact) mass is 501 g/mol. The highest BCUT2D eigenvalue weighted by Gasteiger charge is 2.31. The van der Waals surface area contributed by atoms with E-state index in [-0.39, 0.29) is 50.4 Å². The summed E-state index contributed by atoms with van der Waals surface area (Å²) in [6.45, 7) is 7.23. The van der Waals surface area contributed by atoms with Crippen LogP contribution in [0.1, 0.15) is 66.2 Å². The molecule has 9 N–H and O–H groups in total. The number of nitrogens with one attached hydrogen (secondary N) is 3. The van der Waals surface area contributed by atoms with Gasteiger partial charge in [0.15, 0.2) is 0 Å². The molecule has 0 aliphatic rings. The molecule has 0 aromatic carbocycles. The fraction of sp³-hybridized carbons (Fsp3) is 0.727. The minimum atomic E-state index is -1.28. The second kappa shape index (κ2) is 15.6. The number of hydrogen-bond donors (Lipinski definition) is 7. The number of carboxylic acid groups (broad SMARTS) is 2. The lowest BCUT2D eigenvalue weighted by atomic mass is 10.00. The Morgan fingerprint density at radius 3 is 1.60 bits per heavy atom. The van der Waals surface area contributed by atoms with Gasteiger partial charge in [0, 0.05) is 12.8 Å². The van der Waals surface area contributed by atoms with E-state index < -0.39 is 59.7 Å². The van der Waals surface area contributed by atoms with Crippen molar-refractivity contribution in [1.29, 1.82) is 0 Å². The molecule has 13 heteroatoms. The molecule has 0 saturated carbocycles. The van der Waals surface area contributed by atoms with E-state index in [0.29, 0.717) is 0 Å². The summed E-state index contributed by atoms with van der Waals surface area (Å²) in [6, 6.07) is -4.74. The third kappa shape index (κ3) is 13.9. The van der Waals surface area contributed by atoms with Gasteiger partial charge in [-0.25, -0.2) is 4.79 Å². The summed E-state index contributed by atoms with van der Waals surface area (Å²) in [5.74, 6) is -5.42. The van der Waals surface area contributed by atoms with Gasteiger partial charge in [0.05, 0.1) is 6.04 Å². The lowest BCUT2D eigenvalue weighted by Gasteiger charge is -2.26. The van der Waals surface area contributed by atoms with Gasteiger partial charge in [-0.3, -0.25) is 24.0 Å². The van der Waals surface area contributed by atoms with E-state index in [1.807, 2.05) is 27.7 Å². The van der Waals surface area contributed by atoms with Crippen LogP contribution in [0.2, 0.25) is 0 Å². The first-order chi connectivity index (χ1) is 16.1. The van der Waals surface area contributed by atoms with Gasteiger partial charge in [0.1, 0.15) is 18.1 Å². The molecule has 200 valence electrons. The van der Waals surface area contributed by atoms with Crippen LogP contribution in [-0.2, 0) is 28.8 Å². The second-order valence-electron chi connectivity index (χ2n) is 9.32. The number of amides is 4. The minimum Gasteiger partial charge on any atom is -0.481 e. The number of aliphatic carboxylic acids is 2. The molecular formula is C22H39N5O8. The number of rotatable bonds is 17. The Bertz CT molecular complexity index is 771. The summed E-state index contributed by atoms with van der Waals surface area (Å²) < 4.78 is 0. The first-order valence-corrected chi connectivity index (χ1v) is 11.5. The SMILES string of the molecule is CC(C)CC(NC(=O)C(CC(C)C)NC(=O)C(CCC(N)=O)NC(=O)C(N)CCC(=O)O)C(=O)O. The van der Waals surface area contributed by atoms with Crippen LogP contribution in [0.25, 0.3) is 0 Å². The molecule has 0 aliphatic heterocycles. The average Bonchev–Trinajstić information content (AvgIpc) is 2.72. The second-order valence-corrected chi connectivity index (χ2v) is 9.32. The minimum absolute atomic E-state index is 0.00623. The molecule has 0 bridgehead atoms. The third-order valence-corrected chi connectivity index (χ3v) is 4.98. The molecule has 0 spiro atoms. The van der Waals surface area contributed by atoms with Crippen LogP contribution in [0.4, 0.5) is 0 Å². The first-order valence-electron chi connectivity index (χ1n) is 11.5. The number of carboxylic acids is 2. The van der Waals surface area contributed by atoms with Crippen molar-refractivity contribution in [2.75, 3.05) is 0 Å². The molecule has 0 aromatic heterocycles. The zero-order valence-electron chi connectivity index (χ0n) is 20.7. The van der Waals surface area contributed by atoms with Crippen molar-refractivity contribution < 1.29 is 39.0 Å². The van der Waals surface area contributed by atoms with Crippen LogP contribution < -0.4 is 27.4 Å². The van der Waals surface area contributed by atoms with E-state index in [0.717, 1.165) is 0 Å². The molecule has 0 rings (SSSR count). The molecule has 0 aliphatic carbocycles. The molecule has 35 heavy (non-hydrogen) atoms. The highest BCUT2D eigenvalue weighted by Crippen LogP contribution is 2.10. The Kier molecular flexibility index (Phi) is 14.2. The van der Waals surface area contributed by atoms with Gasteiger partial charge in [0.25, 0.3) is 0 Å². The van der Waals surface area contributed by atoms with Crippen molar-refractivity contribution in [3.8, 4) is 0 Å². The number of hydrogen-bond acceptors (Lipinski definition) is 7. The number of primary amides is 1. The maximum atomic E-state index is 13.0. The van der Waals surface area contributed by atoms with Crippen molar-refractivity contribution in [2.24, 2.45) is 23.3 Å². The van der Waals surface area contributed by atoms with Crippen molar-refractivity contribution in [1.82, 2.24) is 16.0 Å². The summed E-state index contributed by atoms with van der Waals surface area (Å²) in [5.41, 5.74) is 10.8. The van der Waals surface area contributed by atoms with Crippen molar-refractivity contribution in [3.63, 3.8) is 0 Å². The quantitative estimate of drug-likeness (QED) is 0.130. The van der Waals surface area contributed by atoms with Crippen LogP contribution in [0, 0.1) is 11.8 Å². The summed E-state index contributed by atoms with van der Waals surface area (Å²) in [7, 11) is 0. The molecule has 4 atom stereocenters. The Morgan fingerprint density at radius 1 is 0.686 bits per heavy atom. The van der Waals surface area contributed by atoms with Gasteiger partial charge in [0.2, 0.25) is 23.6 Å². The van der Waals surface area contributed by atoms with E-state index in [9.17, 15) is 33.9 Å². The van der Waals surface area contributed by atoms with E-state index >= 15 is 0 Å². The van der Waals surface area contributed by atoms with Crippen LogP contribution in [0.3, 0.4) is 0 Å². The van der Waals surface area contributed by atoms with E-state index in [1.54, 1.807) is 0 Å². The van der Waals surface area contributed by atoms with Gasteiger partial charge >= 0.3 is 11.9 Å². The van der Waals surface area contributed by atoms with Gasteiger partial charge in [-0.05, 0) is 37.5 Å². The highest BCUT2D eigenvalue weighted by atomic mass is 16.4. The number of carbonyl (C=O) groups is 6. The van der Waals surface area contributed by atoms with Crippen LogP contribution in [0.5, 0.6) is 0 Å². The molecule has 0 heterocycles. The lowest BCUT2D eigenvalue weighted by molar-refractivity contribution is -0.143. The Morgan fingerprint density at radius 2 is 1.14 bits per heavy atom. The number of carbonyl (C=O) groups excluding carboxylic acids is 4. The predicted molar refractivity (Wildman–Crippen MR) is 126 cm³/mol. The summed E-state index contributed by atoms with van der Waals surface area (Å²) in [5, 5.41) is 25.5. The van der Waals surface area contributed by atoms with Gasteiger partial charge < -0.3 is 37.6 Å². The molecule has 4 amide bonds. The lowest BCUT2D eigenvalue weighted by Crippen LogP contribution is -2.57. The maximum absolute atomic E-state index is 13.0. The van der Waals surface area contributed by atoms with E-state index in [1.165, 1.54) is 0 Å². The normalized spacial score (nSPS) is 14.5. The van der Waals surface area contributed by atoms with Crippen molar-refractivity contribution in [2.45, 2.75) is 90.4 Å². The zero-order valence-corrected chi connectivity index (χ0v) is 20.7. The first kappa shape index (κ1) is 31.8. The highest BCUT2D eigenvalue weighted by molar-refractivity contribution is 5.94. The fourth-order valence-corrected chi connectivity index (χ4v) is 3.18. The number of nitrogens with two attached hydrogens (primary N) is 2. The van der Waals surface area contributed by atoms with Crippen LogP contribution >= 0.6 is 0 Å². The Hall–Kier alpha value is -3.22. The van der Waals surface area contributed by atoms with E-state index in [2.05, 4.69) is 16.0 Å². The van der Waals surface area contributed by atoms with Gasteiger partial charge in [-0.1, -0.05) is 27.7 Å². The van der Waals surface area contributed by atoms with Crippen LogP contribution in [0.15, 0.2) is 0 Å². The third-order valence-electron chi connectivity index (χ3n) is 4.98. The van der Waals surface area contributed by atoms with E-state index in [4.69, 9.17) is 16.6 Å². The van der Waals surface area contributed by atoms with Gasteiger partial charge in [-0.15, -0.1) is 0 Å². The van der Waals surface area contributed by atoms with Crippen molar-refractivity contribution >= 4 is 35.6 Å². The topological polar surface area (TPSA) is 231 Å². The Balaban J connectivity index is 5.55. The molecule has 0 aromatic rings. The fourth-order valence-electron chi connectivity index (χ4n) is 3.18. The maximum Gasteiger partial charge on any atom is 0.326 e. The molecule has 0 saturated heterocycles. The molecule has 0 fully saturated rings. The Labute approximate surface area is 204 Å². The average molecular weight is 502 g/mol. The molecule has 4 unspecified atom stereocenters. The molecular weight excluding hydrogens is 462 g/mol. The summed E-state index contributed by atoms with van der Waals surface area (Å²) in [6.07, 6.45) is -0.589. The molecule has 13 nitrogen and oxygen atoms in total. The van der Waals surface area contributed by atoms with Crippen LogP contribution in [-0.4, -0.2) is 69.9 Å². The standard InChI is InChI=1S/C22H39N5O8/c1-11(2)9-15(21(33)27-16(22(34)35)10-12(3)4)26-20(32)14(6-7-17(24)28)25-19(31)13(23)5-8-18(29)30/h11-16H,5-10,23H2,1-4H3,(H2,24,28)(H,25,31)(H,26,32)(H,27,33)(H,29,30)(H,34,35). The zero-order chi connectivity index (χ0) is 27.3. The predicted octanol–water partition coefficient (Wildman–Crippen LogP) is -0.925. The molecule has 0 radical (unpaired) electrons.